The molecule has 0 aliphatic carbocycles. The molecule has 2 aromatic carbocycles. The van der Waals surface area contributed by atoms with E-state index in [-0.39, 0.29) is 11.8 Å². The minimum Gasteiger partial charge on any atom is -0.474 e. The Balaban J connectivity index is 0.000000158. The Morgan fingerprint density at radius 3 is 1.67 bits per heavy atom. The van der Waals surface area contributed by atoms with Gasteiger partial charge in [0.15, 0.2) is 0 Å². The molecule has 9 rings (SSSR count). The van der Waals surface area contributed by atoms with E-state index < -0.39 is 23.8 Å². The van der Waals surface area contributed by atoms with Crippen LogP contribution in [0.15, 0.2) is 148 Å². The van der Waals surface area contributed by atoms with E-state index in [1.165, 1.54) is 37.1 Å². The van der Waals surface area contributed by atoms with Crippen LogP contribution in [0.4, 0.5) is 8.78 Å². The highest BCUT2D eigenvalue weighted by Gasteiger charge is 2.25. The molecule has 0 spiro atoms. The number of fused-ring (bicyclic) bond motifs is 2. The van der Waals surface area contributed by atoms with Crippen molar-refractivity contribution in [2.75, 3.05) is 0 Å². The fourth-order valence-electron chi connectivity index (χ4n) is 5.59. The number of aromatic nitrogens is 9. The van der Waals surface area contributed by atoms with Gasteiger partial charge in [0.05, 0.1) is 34.8 Å². The molecule has 55 heavy (non-hydrogen) atoms. The SMILES string of the molecule is Fc1ccc(C(Oc2cc(-c3cccnc3)c3ncccc3c2)c2nnco2)nc1.Fc1ccc(C(Oc2cc(Br)c3ncccc3c2)c2nnco2)nc1. The van der Waals surface area contributed by atoms with Crippen LogP contribution in [-0.2, 0) is 0 Å². The van der Waals surface area contributed by atoms with E-state index in [2.05, 4.69) is 61.2 Å². The molecule has 2 atom stereocenters. The summed E-state index contributed by atoms with van der Waals surface area (Å²) in [5.74, 6) is 0.654. The summed E-state index contributed by atoms with van der Waals surface area (Å²) < 4.78 is 50.2. The first-order chi connectivity index (χ1) is 27.0. The molecule has 0 aliphatic heterocycles. The zero-order valence-electron chi connectivity index (χ0n) is 28.1. The van der Waals surface area contributed by atoms with Crippen molar-refractivity contribution < 1.29 is 27.1 Å². The molecule has 0 saturated heterocycles. The Bertz CT molecular complexity index is 2660. The molecule has 270 valence electrons. The van der Waals surface area contributed by atoms with Crippen molar-refractivity contribution in [2.24, 2.45) is 0 Å². The summed E-state index contributed by atoms with van der Waals surface area (Å²) in [7, 11) is 0. The van der Waals surface area contributed by atoms with Crippen LogP contribution in [0.2, 0.25) is 0 Å². The lowest BCUT2D eigenvalue weighted by Gasteiger charge is -2.17. The lowest BCUT2D eigenvalue weighted by atomic mass is 10.0. The first-order valence-electron chi connectivity index (χ1n) is 16.4. The van der Waals surface area contributed by atoms with Gasteiger partial charge in [-0.15, -0.1) is 20.4 Å². The topological polar surface area (TPSA) is 161 Å². The van der Waals surface area contributed by atoms with Crippen molar-refractivity contribution in [3.8, 4) is 22.6 Å². The van der Waals surface area contributed by atoms with Gasteiger partial charge in [-0.25, -0.2) is 8.78 Å². The Morgan fingerprint density at radius 2 is 1.15 bits per heavy atom. The number of halogens is 3. The molecule has 7 aromatic heterocycles. The van der Waals surface area contributed by atoms with Crippen LogP contribution in [0.1, 0.15) is 35.4 Å². The molecule has 0 aliphatic rings. The fraction of sp³-hybridized carbons (Fsp3) is 0.0513. The number of hydrogen-bond donors (Lipinski definition) is 0. The van der Waals surface area contributed by atoms with Crippen LogP contribution in [-0.4, -0.2) is 45.3 Å². The summed E-state index contributed by atoms with van der Waals surface area (Å²) in [4.78, 5) is 21.2. The average Bonchev–Trinajstić information content (AvgIpc) is 3.97. The zero-order valence-corrected chi connectivity index (χ0v) is 29.7. The van der Waals surface area contributed by atoms with Crippen molar-refractivity contribution >= 4 is 37.7 Å². The predicted molar refractivity (Wildman–Crippen MR) is 196 cm³/mol. The van der Waals surface area contributed by atoms with Gasteiger partial charge < -0.3 is 18.3 Å². The first kappa shape index (κ1) is 35.0. The quantitative estimate of drug-likeness (QED) is 0.137. The Morgan fingerprint density at radius 1 is 0.582 bits per heavy atom. The van der Waals surface area contributed by atoms with Crippen LogP contribution in [0, 0.1) is 11.6 Å². The maximum absolute atomic E-state index is 13.4. The average molecular weight is 801 g/mol. The number of nitrogens with zero attached hydrogens (tertiary/aromatic N) is 9. The van der Waals surface area contributed by atoms with Crippen LogP contribution < -0.4 is 9.47 Å². The molecule has 0 fully saturated rings. The number of pyridine rings is 5. The third-order valence-corrected chi connectivity index (χ3v) is 8.64. The van der Waals surface area contributed by atoms with E-state index in [1.807, 2.05) is 54.6 Å². The Labute approximate surface area is 318 Å². The third kappa shape index (κ3) is 7.98. The third-order valence-electron chi connectivity index (χ3n) is 8.03. The van der Waals surface area contributed by atoms with Gasteiger partial charge in [-0.1, -0.05) is 18.2 Å². The maximum atomic E-state index is 13.4. The lowest BCUT2D eigenvalue weighted by molar-refractivity contribution is 0.203. The molecule has 13 nitrogen and oxygen atoms in total. The van der Waals surface area contributed by atoms with Crippen molar-refractivity contribution in [1.29, 1.82) is 0 Å². The summed E-state index contributed by atoms with van der Waals surface area (Å²) >= 11 is 3.49. The van der Waals surface area contributed by atoms with Gasteiger partial charge in [-0.3, -0.25) is 24.9 Å². The molecule has 0 radical (unpaired) electrons. The van der Waals surface area contributed by atoms with Gasteiger partial charge in [-0.2, -0.15) is 0 Å². The molecule has 7 heterocycles. The van der Waals surface area contributed by atoms with Gasteiger partial charge in [0.1, 0.15) is 23.1 Å². The Kier molecular flexibility index (Phi) is 10.1. The molecular formula is C39H24BrF2N9O4. The van der Waals surface area contributed by atoms with E-state index in [0.29, 0.717) is 22.9 Å². The van der Waals surface area contributed by atoms with Crippen LogP contribution in [0.25, 0.3) is 32.9 Å². The second-order valence-electron chi connectivity index (χ2n) is 11.6. The largest absolute Gasteiger partial charge is 0.474 e. The molecular weight excluding hydrogens is 776 g/mol. The van der Waals surface area contributed by atoms with E-state index in [1.54, 1.807) is 30.9 Å². The Hall–Kier alpha value is -7.07. The molecule has 0 amide bonds. The van der Waals surface area contributed by atoms with Gasteiger partial charge in [0.25, 0.3) is 11.8 Å². The fourth-order valence-corrected chi connectivity index (χ4v) is 6.15. The highest BCUT2D eigenvalue weighted by molar-refractivity contribution is 9.10. The second kappa shape index (κ2) is 15.9. The molecule has 0 saturated carbocycles. The highest BCUT2D eigenvalue weighted by atomic mass is 79.9. The van der Waals surface area contributed by atoms with Crippen LogP contribution in [0.3, 0.4) is 0 Å². The number of ether oxygens (including phenoxy) is 2. The minimum absolute atomic E-state index is 0.211. The zero-order chi connectivity index (χ0) is 37.6. The van der Waals surface area contributed by atoms with E-state index >= 15 is 0 Å². The molecule has 16 heteroatoms. The standard InChI is InChI=1S/C22H14FN5O2.C17H10BrFN4O2/c23-16-5-6-19(26-12-16)21(22-28-27-13-29-22)30-17-9-14-3-2-8-25-20(14)18(10-17)15-4-1-7-24-11-15;18-13-7-12(6-10-2-1-5-20-15(10)13)25-16(17-23-22-9-24-17)14-4-3-11(19)8-21-14/h1-13,21H;1-9,16H. The van der Waals surface area contributed by atoms with Crippen molar-refractivity contribution in [2.45, 2.75) is 12.2 Å². The van der Waals surface area contributed by atoms with Crippen LogP contribution in [0.5, 0.6) is 11.5 Å². The summed E-state index contributed by atoms with van der Waals surface area (Å²) in [5.41, 5.74) is 4.31. The first-order valence-corrected chi connectivity index (χ1v) is 17.2. The number of benzene rings is 2. The van der Waals surface area contributed by atoms with E-state index in [4.69, 9.17) is 18.3 Å². The maximum Gasteiger partial charge on any atom is 0.263 e. The smallest absolute Gasteiger partial charge is 0.263 e. The normalized spacial score (nSPS) is 12.1. The summed E-state index contributed by atoms with van der Waals surface area (Å²) in [6.07, 6.45) is 10.0. The second-order valence-corrected chi connectivity index (χ2v) is 12.5. The lowest BCUT2D eigenvalue weighted by Crippen LogP contribution is -2.12. The molecule has 9 aromatic rings. The predicted octanol–water partition coefficient (Wildman–Crippen LogP) is 8.47. The molecule has 0 bridgehead atoms. The van der Waals surface area contributed by atoms with Crippen molar-refractivity contribution in [3.63, 3.8) is 0 Å². The van der Waals surface area contributed by atoms with Gasteiger partial charge in [-0.05, 0) is 82.7 Å². The van der Waals surface area contributed by atoms with Gasteiger partial charge in [0.2, 0.25) is 25.0 Å². The number of rotatable bonds is 9. The van der Waals surface area contributed by atoms with Crippen molar-refractivity contribution in [1.82, 2.24) is 45.3 Å². The molecule has 0 N–H and O–H groups in total. The van der Waals surface area contributed by atoms with E-state index in [0.717, 1.165) is 49.8 Å². The summed E-state index contributed by atoms with van der Waals surface area (Å²) in [5, 5.41) is 17.1. The van der Waals surface area contributed by atoms with Gasteiger partial charge in [0, 0.05) is 51.2 Å². The minimum atomic E-state index is -0.802. The van der Waals surface area contributed by atoms with Gasteiger partial charge >= 0.3 is 0 Å². The number of hydrogen-bond acceptors (Lipinski definition) is 13. The summed E-state index contributed by atoms with van der Waals surface area (Å²) in [6.45, 7) is 0. The van der Waals surface area contributed by atoms with E-state index in [9.17, 15) is 8.78 Å². The van der Waals surface area contributed by atoms with Crippen LogP contribution >= 0.6 is 15.9 Å². The van der Waals surface area contributed by atoms with Crippen molar-refractivity contribution in [3.05, 3.63) is 174 Å². The monoisotopic (exact) mass is 799 g/mol. The highest BCUT2D eigenvalue weighted by Crippen LogP contribution is 2.35. The summed E-state index contributed by atoms with van der Waals surface area (Å²) in [6, 6.07) is 24.4. The molecule has 2 unspecified atom stereocenters.